The summed E-state index contributed by atoms with van der Waals surface area (Å²) in [7, 11) is 0. The van der Waals surface area contributed by atoms with Crippen molar-refractivity contribution in [2.45, 2.75) is 45.3 Å². The quantitative estimate of drug-likeness (QED) is 0.862. The van der Waals surface area contributed by atoms with Crippen molar-refractivity contribution in [2.24, 2.45) is 0 Å². The van der Waals surface area contributed by atoms with Gasteiger partial charge in [0.15, 0.2) is 0 Å². The molecule has 0 aromatic heterocycles. The largest absolute Gasteiger partial charge is 0.376 e. The van der Waals surface area contributed by atoms with Crippen LogP contribution >= 0.6 is 0 Å². The van der Waals surface area contributed by atoms with Gasteiger partial charge in [0.25, 0.3) is 0 Å². The van der Waals surface area contributed by atoms with Crippen molar-refractivity contribution < 1.29 is 4.74 Å². The molecule has 0 bridgehead atoms. The maximum Gasteiger partial charge on any atom is 0.0769 e. The molecule has 2 nitrogen and oxygen atoms in total. The Morgan fingerprint density at radius 2 is 2.29 bits per heavy atom. The molecule has 0 saturated carbocycles. The molecule has 1 aromatic rings. The van der Waals surface area contributed by atoms with Crippen molar-refractivity contribution >= 4 is 0 Å². The van der Waals surface area contributed by atoms with Crippen LogP contribution in [-0.4, -0.2) is 19.3 Å². The van der Waals surface area contributed by atoms with E-state index in [4.69, 9.17) is 4.74 Å². The number of hydrogen-bond acceptors (Lipinski definition) is 2. The summed E-state index contributed by atoms with van der Waals surface area (Å²) in [6, 6.07) is 9.11. The Bertz CT molecular complexity index is 345. The van der Waals surface area contributed by atoms with Crippen molar-refractivity contribution in [3.05, 3.63) is 35.4 Å². The summed E-state index contributed by atoms with van der Waals surface area (Å²) in [5.41, 5.74) is 2.68. The van der Waals surface area contributed by atoms with Gasteiger partial charge < -0.3 is 10.1 Å². The molecule has 1 heterocycles. The first-order valence-corrected chi connectivity index (χ1v) is 6.73. The van der Waals surface area contributed by atoms with Crippen LogP contribution in [0.15, 0.2) is 24.3 Å². The van der Waals surface area contributed by atoms with Crippen molar-refractivity contribution in [1.82, 2.24) is 5.32 Å². The molecule has 1 aromatic carbocycles. The highest BCUT2D eigenvalue weighted by molar-refractivity contribution is 5.26. The molecule has 2 atom stereocenters. The van der Waals surface area contributed by atoms with Crippen LogP contribution in [-0.2, 0) is 4.74 Å². The molecule has 1 aliphatic rings. The summed E-state index contributed by atoms with van der Waals surface area (Å²) >= 11 is 0. The van der Waals surface area contributed by atoms with Gasteiger partial charge in [-0.05, 0) is 38.3 Å². The fraction of sp³-hybridized carbons (Fsp3) is 0.600. The third-order valence-electron chi connectivity index (χ3n) is 3.41. The van der Waals surface area contributed by atoms with E-state index in [1.807, 2.05) is 0 Å². The molecule has 0 radical (unpaired) electrons. The predicted octanol–water partition coefficient (Wildman–Crippen LogP) is 3.21. The van der Waals surface area contributed by atoms with E-state index in [2.05, 4.69) is 43.4 Å². The number of nitrogens with one attached hydrogen (secondary N) is 1. The lowest BCUT2D eigenvalue weighted by Gasteiger charge is -2.31. The zero-order valence-electron chi connectivity index (χ0n) is 10.9. The van der Waals surface area contributed by atoms with Gasteiger partial charge in [-0.25, -0.2) is 0 Å². The van der Waals surface area contributed by atoms with Gasteiger partial charge in [0.2, 0.25) is 0 Å². The van der Waals surface area contributed by atoms with E-state index in [-0.39, 0.29) is 0 Å². The molecule has 1 saturated heterocycles. The maximum atomic E-state index is 5.92. The Balaban J connectivity index is 2.15. The molecule has 1 fully saturated rings. The van der Waals surface area contributed by atoms with Gasteiger partial charge in [0, 0.05) is 6.61 Å². The third kappa shape index (κ3) is 3.30. The summed E-state index contributed by atoms with van der Waals surface area (Å²) in [6.07, 6.45) is 4.01. The standard InChI is InChI=1S/C15H23NO/c1-3-16-15(14-9-4-5-10-17-14)13-8-6-7-12(2)11-13/h6-8,11,14-16H,3-5,9-10H2,1-2H3. The third-order valence-corrected chi connectivity index (χ3v) is 3.41. The minimum Gasteiger partial charge on any atom is -0.376 e. The molecule has 0 amide bonds. The van der Waals surface area contributed by atoms with E-state index in [0.717, 1.165) is 13.2 Å². The zero-order valence-corrected chi connectivity index (χ0v) is 10.9. The number of rotatable bonds is 4. The topological polar surface area (TPSA) is 21.3 Å². The van der Waals surface area contributed by atoms with Crippen LogP contribution in [0.1, 0.15) is 43.4 Å². The van der Waals surface area contributed by atoms with E-state index in [1.165, 1.54) is 30.4 Å². The number of hydrogen-bond donors (Lipinski definition) is 1. The molecule has 2 rings (SSSR count). The molecular formula is C15H23NO. The monoisotopic (exact) mass is 233 g/mol. The minimum absolute atomic E-state index is 0.338. The number of likely N-dealkylation sites (N-methyl/N-ethyl adjacent to an activating group) is 1. The normalized spacial score (nSPS) is 22.4. The van der Waals surface area contributed by atoms with Gasteiger partial charge in [-0.15, -0.1) is 0 Å². The summed E-state index contributed by atoms with van der Waals surface area (Å²) in [6.45, 7) is 6.21. The smallest absolute Gasteiger partial charge is 0.0769 e. The minimum atomic E-state index is 0.338. The molecule has 94 valence electrons. The van der Waals surface area contributed by atoms with Crippen LogP contribution in [0, 0.1) is 6.92 Å². The zero-order chi connectivity index (χ0) is 12.1. The Morgan fingerprint density at radius 1 is 1.41 bits per heavy atom. The highest BCUT2D eigenvalue weighted by Gasteiger charge is 2.25. The van der Waals surface area contributed by atoms with E-state index >= 15 is 0 Å². The second-order valence-electron chi connectivity index (χ2n) is 4.85. The Morgan fingerprint density at radius 3 is 2.94 bits per heavy atom. The first kappa shape index (κ1) is 12.6. The molecule has 1 aliphatic heterocycles. The van der Waals surface area contributed by atoms with Gasteiger partial charge >= 0.3 is 0 Å². The SMILES string of the molecule is CCNC(c1cccc(C)c1)C1CCCCO1. The summed E-state index contributed by atoms with van der Waals surface area (Å²) in [5.74, 6) is 0. The highest BCUT2D eigenvalue weighted by Crippen LogP contribution is 2.26. The first-order valence-electron chi connectivity index (χ1n) is 6.73. The van der Waals surface area contributed by atoms with Gasteiger partial charge in [0.1, 0.15) is 0 Å². The molecular weight excluding hydrogens is 210 g/mol. The van der Waals surface area contributed by atoms with Gasteiger partial charge in [0.05, 0.1) is 12.1 Å². The predicted molar refractivity (Wildman–Crippen MR) is 71.2 cm³/mol. The van der Waals surface area contributed by atoms with Crippen LogP contribution < -0.4 is 5.32 Å². The van der Waals surface area contributed by atoms with Gasteiger partial charge in [-0.2, -0.15) is 0 Å². The van der Waals surface area contributed by atoms with E-state index in [1.54, 1.807) is 0 Å². The van der Waals surface area contributed by atoms with Crippen molar-refractivity contribution in [3.8, 4) is 0 Å². The van der Waals surface area contributed by atoms with Crippen LogP contribution in [0.4, 0.5) is 0 Å². The summed E-state index contributed by atoms with van der Waals surface area (Å²) in [5, 5.41) is 3.57. The van der Waals surface area contributed by atoms with Crippen LogP contribution in [0.3, 0.4) is 0 Å². The number of benzene rings is 1. The van der Waals surface area contributed by atoms with Crippen molar-refractivity contribution in [3.63, 3.8) is 0 Å². The average molecular weight is 233 g/mol. The highest BCUT2D eigenvalue weighted by atomic mass is 16.5. The van der Waals surface area contributed by atoms with Gasteiger partial charge in [-0.1, -0.05) is 36.8 Å². The average Bonchev–Trinajstić information content (AvgIpc) is 2.37. The molecule has 0 aliphatic carbocycles. The molecule has 2 heteroatoms. The van der Waals surface area contributed by atoms with Crippen LogP contribution in [0.2, 0.25) is 0 Å². The van der Waals surface area contributed by atoms with E-state index in [9.17, 15) is 0 Å². The molecule has 17 heavy (non-hydrogen) atoms. The van der Waals surface area contributed by atoms with Crippen molar-refractivity contribution in [1.29, 1.82) is 0 Å². The Hall–Kier alpha value is -0.860. The summed E-state index contributed by atoms with van der Waals surface area (Å²) < 4.78 is 5.92. The second-order valence-corrected chi connectivity index (χ2v) is 4.85. The maximum absolute atomic E-state index is 5.92. The van der Waals surface area contributed by atoms with Crippen LogP contribution in [0.25, 0.3) is 0 Å². The van der Waals surface area contributed by atoms with Crippen molar-refractivity contribution in [2.75, 3.05) is 13.2 Å². The summed E-state index contributed by atoms with van der Waals surface area (Å²) in [4.78, 5) is 0. The van der Waals surface area contributed by atoms with E-state index < -0.39 is 0 Å². The lowest BCUT2D eigenvalue weighted by atomic mass is 9.95. The first-order chi connectivity index (χ1) is 8.31. The lowest BCUT2D eigenvalue weighted by Crippen LogP contribution is -2.36. The fourth-order valence-corrected chi connectivity index (χ4v) is 2.58. The Kier molecular flexibility index (Phi) is 4.57. The lowest BCUT2D eigenvalue weighted by molar-refractivity contribution is -0.00787. The Labute approximate surface area is 104 Å². The van der Waals surface area contributed by atoms with Crippen LogP contribution in [0.5, 0.6) is 0 Å². The molecule has 0 spiro atoms. The molecule has 1 N–H and O–H groups in total. The van der Waals surface area contributed by atoms with Gasteiger partial charge in [-0.3, -0.25) is 0 Å². The molecule has 2 unspecified atom stereocenters. The fourth-order valence-electron chi connectivity index (χ4n) is 2.58. The van der Waals surface area contributed by atoms with E-state index in [0.29, 0.717) is 12.1 Å². The number of ether oxygens (including phenoxy) is 1. The second kappa shape index (κ2) is 6.18. The number of aryl methyl sites for hydroxylation is 1.